The van der Waals surface area contributed by atoms with Crippen LogP contribution >= 0.6 is 11.6 Å². The van der Waals surface area contributed by atoms with Crippen LogP contribution in [0.3, 0.4) is 0 Å². The zero-order chi connectivity index (χ0) is 14.7. The van der Waals surface area contributed by atoms with Crippen molar-refractivity contribution in [2.24, 2.45) is 0 Å². The molecule has 5 heteroatoms. The number of hydrogen-bond acceptors (Lipinski definition) is 3. The Hall–Kier alpha value is -1.26. The smallest absolute Gasteiger partial charge is 0.254 e. The first-order valence-electron chi connectivity index (χ1n) is 7.14. The van der Waals surface area contributed by atoms with Crippen LogP contribution in [0.5, 0.6) is 0 Å². The second-order valence-electron chi connectivity index (χ2n) is 5.19. The lowest BCUT2D eigenvalue weighted by molar-refractivity contribution is 0.0778. The standard InChI is InChI=1S/C15H22ClN3O/c1-3-18(4-2)14-5-6-19(10-14)15(20)11-7-12(16)9-13(17)8-11/h7-9,14H,3-6,10,17H2,1-2H3. The van der Waals surface area contributed by atoms with Crippen molar-refractivity contribution in [1.82, 2.24) is 9.80 Å². The first-order valence-corrected chi connectivity index (χ1v) is 7.52. The summed E-state index contributed by atoms with van der Waals surface area (Å²) in [6.45, 7) is 7.94. The number of anilines is 1. The fourth-order valence-corrected chi connectivity index (χ4v) is 3.13. The van der Waals surface area contributed by atoms with Gasteiger partial charge in [-0.25, -0.2) is 0 Å². The number of likely N-dealkylation sites (tertiary alicyclic amines) is 1. The molecule has 1 saturated heterocycles. The van der Waals surface area contributed by atoms with Crippen LogP contribution in [-0.2, 0) is 0 Å². The molecule has 1 aromatic rings. The molecule has 1 aliphatic heterocycles. The minimum Gasteiger partial charge on any atom is -0.399 e. The molecule has 0 bridgehead atoms. The van der Waals surface area contributed by atoms with E-state index in [2.05, 4.69) is 18.7 Å². The van der Waals surface area contributed by atoms with Gasteiger partial charge in [-0.2, -0.15) is 0 Å². The van der Waals surface area contributed by atoms with Gasteiger partial charge in [0.25, 0.3) is 5.91 Å². The number of rotatable bonds is 4. The van der Waals surface area contributed by atoms with Gasteiger partial charge in [-0.3, -0.25) is 9.69 Å². The van der Waals surface area contributed by atoms with Crippen LogP contribution in [0.1, 0.15) is 30.6 Å². The molecule has 1 aromatic carbocycles. The maximum absolute atomic E-state index is 12.5. The van der Waals surface area contributed by atoms with Gasteiger partial charge in [-0.1, -0.05) is 25.4 Å². The number of carbonyl (C=O) groups excluding carboxylic acids is 1. The van der Waals surface area contributed by atoms with E-state index in [4.69, 9.17) is 17.3 Å². The van der Waals surface area contributed by atoms with Crippen LogP contribution in [0.4, 0.5) is 5.69 Å². The molecular formula is C15H22ClN3O. The van der Waals surface area contributed by atoms with Gasteiger partial charge < -0.3 is 10.6 Å². The Bertz CT molecular complexity index is 468. The van der Waals surface area contributed by atoms with Crippen LogP contribution in [0.2, 0.25) is 5.02 Å². The van der Waals surface area contributed by atoms with Crippen LogP contribution in [0, 0.1) is 0 Å². The largest absolute Gasteiger partial charge is 0.399 e. The van der Waals surface area contributed by atoms with Crippen molar-refractivity contribution in [2.75, 3.05) is 31.9 Å². The molecule has 1 heterocycles. The van der Waals surface area contributed by atoms with E-state index in [0.717, 1.165) is 32.6 Å². The predicted molar refractivity (Wildman–Crippen MR) is 83.1 cm³/mol. The predicted octanol–water partition coefficient (Wildman–Crippen LogP) is 2.48. The molecule has 1 aliphatic rings. The average Bonchev–Trinajstić information content (AvgIpc) is 2.88. The number of nitrogens with zero attached hydrogens (tertiary/aromatic N) is 2. The molecule has 2 N–H and O–H groups in total. The molecule has 20 heavy (non-hydrogen) atoms. The van der Waals surface area contributed by atoms with Crippen molar-refractivity contribution in [3.05, 3.63) is 28.8 Å². The van der Waals surface area contributed by atoms with E-state index in [1.54, 1.807) is 18.2 Å². The highest BCUT2D eigenvalue weighted by molar-refractivity contribution is 6.31. The number of amides is 1. The van der Waals surface area contributed by atoms with Crippen molar-refractivity contribution >= 4 is 23.2 Å². The molecule has 4 nitrogen and oxygen atoms in total. The molecule has 0 saturated carbocycles. The third kappa shape index (κ3) is 3.25. The van der Waals surface area contributed by atoms with Crippen LogP contribution in [0.25, 0.3) is 0 Å². The first kappa shape index (κ1) is 15.1. The van der Waals surface area contributed by atoms with Crippen LogP contribution < -0.4 is 5.73 Å². The third-order valence-corrected chi connectivity index (χ3v) is 4.16. The Kier molecular flexibility index (Phi) is 4.89. The highest BCUT2D eigenvalue weighted by Gasteiger charge is 2.29. The molecule has 0 aromatic heterocycles. The summed E-state index contributed by atoms with van der Waals surface area (Å²) in [5.41, 5.74) is 6.86. The quantitative estimate of drug-likeness (QED) is 0.868. The Morgan fingerprint density at radius 2 is 2.10 bits per heavy atom. The Balaban J connectivity index is 2.07. The van der Waals surface area contributed by atoms with Crippen molar-refractivity contribution in [2.45, 2.75) is 26.3 Å². The van der Waals surface area contributed by atoms with Gasteiger partial charge in [0.2, 0.25) is 0 Å². The van der Waals surface area contributed by atoms with Gasteiger partial charge in [0.05, 0.1) is 0 Å². The van der Waals surface area contributed by atoms with Gasteiger partial charge in [-0.15, -0.1) is 0 Å². The van der Waals surface area contributed by atoms with E-state index in [1.807, 2.05) is 4.90 Å². The fourth-order valence-electron chi connectivity index (χ4n) is 2.88. The first-order chi connectivity index (χ1) is 9.55. The second kappa shape index (κ2) is 6.46. The van der Waals surface area contributed by atoms with E-state index in [0.29, 0.717) is 22.3 Å². The van der Waals surface area contributed by atoms with E-state index in [1.165, 1.54) is 0 Å². The molecule has 1 unspecified atom stereocenters. The second-order valence-corrected chi connectivity index (χ2v) is 5.62. The Morgan fingerprint density at radius 1 is 1.40 bits per heavy atom. The molecule has 0 radical (unpaired) electrons. The number of carbonyl (C=O) groups is 1. The average molecular weight is 296 g/mol. The van der Waals surface area contributed by atoms with E-state index in [-0.39, 0.29) is 5.91 Å². The molecule has 0 aliphatic carbocycles. The highest BCUT2D eigenvalue weighted by Crippen LogP contribution is 2.21. The SMILES string of the molecule is CCN(CC)C1CCN(C(=O)c2cc(N)cc(Cl)c2)C1. The van der Waals surface area contributed by atoms with Gasteiger partial charge in [0.15, 0.2) is 0 Å². The molecular weight excluding hydrogens is 274 g/mol. The summed E-state index contributed by atoms with van der Waals surface area (Å²) in [5.74, 6) is 0.0221. The zero-order valence-electron chi connectivity index (χ0n) is 12.1. The molecule has 1 amide bonds. The minimum atomic E-state index is 0.0221. The van der Waals surface area contributed by atoms with E-state index < -0.39 is 0 Å². The van der Waals surface area contributed by atoms with E-state index >= 15 is 0 Å². The van der Waals surface area contributed by atoms with Gasteiger partial charge in [-0.05, 0) is 37.7 Å². The maximum Gasteiger partial charge on any atom is 0.254 e. The number of likely N-dealkylation sites (N-methyl/N-ethyl adjacent to an activating group) is 1. The number of benzene rings is 1. The monoisotopic (exact) mass is 295 g/mol. The van der Waals surface area contributed by atoms with Crippen LogP contribution in [-0.4, -0.2) is 47.9 Å². The summed E-state index contributed by atoms with van der Waals surface area (Å²) in [5, 5.41) is 0.507. The highest BCUT2D eigenvalue weighted by atomic mass is 35.5. The van der Waals surface area contributed by atoms with Gasteiger partial charge in [0, 0.05) is 35.4 Å². The van der Waals surface area contributed by atoms with Crippen molar-refractivity contribution in [3.8, 4) is 0 Å². The normalized spacial score (nSPS) is 18.8. The van der Waals surface area contributed by atoms with Crippen molar-refractivity contribution in [3.63, 3.8) is 0 Å². The summed E-state index contributed by atoms with van der Waals surface area (Å²) in [6.07, 6.45) is 1.03. The molecule has 1 atom stereocenters. The topological polar surface area (TPSA) is 49.6 Å². The molecule has 2 rings (SSSR count). The van der Waals surface area contributed by atoms with Crippen LogP contribution in [0.15, 0.2) is 18.2 Å². The third-order valence-electron chi connectivity index (χ3n) is 3.95. The molecule has 0 spiro atoms. The summed E-state index contributed by atoms with van der Waals surface area (Å²) in [6, 6.07) is 5.50. The summed E-state index contributed by atoms with van der Waals surface area (Å²) in [7, 11) is 0. The number of nitrogens with two attached hydrogens (primary N) is 1. The minimum absolute atomic E-state index is 0.0221. The maximum atomic E-state index is 12.5. The Labute approximate surface area is 125 Å². The fraction of sp³-hybridized carbons (Fsp3) is 0.533. The number of hydrogen-bond donors (Lipinski definition) is 1. The molecule has 110 valence electrons. The summed E-state index contributed by atoms with van der Waals surface area (Å²) in [4.78, 5) is 16.8. The summed E-state index contributed by atoms with van der Waals surface area (Å²) >= 11 is 5.97. The molecule has 1 fully saturated rings. The van der Waals surface area contributed by atoms with E-state index in [9.17, 15) is 4.79 Å². The lowest BCUT2D eigenvalue weighted by Crippen LogP contribution is -2.38. The van der Waals surface area contributed by atoms with Crippen molar-refractivity contribution in [1.29, 1.82) is 0 Å². The summed E-state index contributed by atoms with van der Waals surface area (Å²) < 4.78 is 0. The van der Waals surface area contributed by atoms with Crippen molar-refractivity contribution < 1.29 is 4.79 Å². The zero-order valence-corrected chi connectivity index (χ0v) is 12.9. The number of halogens is 1. The van der Waals surface area contributed by atoms with Gasteiger partial charge >= 0.3 is 0 Å². The lowest BCUT2D eigenvalue weighted by atomic mass is 10.2. The van der Waals surface area contributed by atoms with Gasteiger partial charge in [0.1, 0.15) is 0 Å². The lowest BCUT2D eigenvalue weighted by Gasteiger charge is -2.26. The number of nitrogen functional groups attached to an aromatic ring is 1. The Morgan fingerprint density at radius 3 is 2.70 bits per heavy atom.